The average Bonchev–Trinajstić information content (AvgIpc) is 2.71. The van der Waals surface area contributed by atoms with Crippen molar-refractivity contribution in [3.63, 3.8) is 0 Å². The molecule has 20 heavy (non-hydrogen) atoms. The second-order valence-corrected chi connectivity index (χ2v) is 4.34. The van der Waals surface area contributed by atoms with Crippen LogP contribution in [-0.2, 0) is 0 Å². The van der Waals surface area contributed by atoms with Gasteiger partial charge in [-0.2, -0.15) is 0 Å². The fourth-order valence-corrected chi connectivity index (χ4v) is 2.27. The van der Waals surface area contributed by atoms with Gasteiger partial charge in [-0.1, -0.05) is 18.1 Å². The van der Waals surface area contributed by atoms with Crippen LogP contribution >= 0.6 is 0 Å². The summed E-state index contributed by atoms with van der Waals surface area (Å²) in [6.07, 6.45) is 5.37. The molecular formula is C16H9NO3. The van der Waals surface area contributed by atoms with Crippen LogP contribution in [0.3, 0.4) is 0 Å². The molecule has 4 nitrogen and oxygen atoms in total. The number of terminal acetylenes is 1. The third-order valence-corrected chi connectivity index (χ3v) is 3.16. The van der Waals surface area contributed by atoms with Gasteiger partial charge in [-0.05, 0) is 24.3 Å². The molecule has 0 unspecified atom stereocenters. The van der Waals surface area contributed by atoms with Gasteiger partial charge in [0.2, 0.25) is 0 Å². The molecule has 2 aromatic rings. The SMILES string of the molecule is C#Cc1cccc2c1C(=O)N(c1cccc(O)c1)C2=O. The largest absolute Gasteiger partial charge is 0.508 e. The summed E-state index contributed by atoms with van der Waals surface area (Å²) in [6.45, 7) is 0. The van der Waals surface area contributed by atoms with E-state index in [1.165, 1.54) is 12.1 Å². The predicted molar refractivity (Wildman–Crippen MR) is 73.6 cm³/mol. The van der Waals surface area contributed by atoms with Crippen molar-refractivity contribution in [3.8, 4) is 18.1 Å². The van der Waals surface area contributed by atoms with Gasteiger partial charge in [0, 0.05) is 11.6 Å². The lowest BCUT2D eigenvalue weighted by Gasteiger charge is -2.13. The minimum atomic E-state index is -0.468. The third-order valence-electron chi connectivity index (χ3n) is 3.16. The summed E-state index contributed by atoms with van der Waals surface area (Å²) in [6, 6.07) is 10.8. The van der Waals surface area contributed by atoms with E-state index >= 15 is 0 Å². The van der Waals surface area contributed by atoms with Crippen LogP contribution in [0.1, 0.15) is 26.3 Å². The van der Waals surface area contributed by atoms with Crippen LogP contribution in [0.4, 0.5) is 5.69 Å². The number of carbonyl (C=O) groups excluding carboxylic acids is 2. The molecule has 0 radical (unpaired) electrons. The molecule has 3 rings (SSSR count). The molecule has 1 aliphatic rings. The quantitative estimate of drug-likeness (QED) is 0.633. The lowest BCUT2D eigenvalue weighted by Crippen LogP contribution is -2.29. The average molecular weight is 263 g/mol. The van der Waals surface area contributed by atoms with E-state index in [0.29, 0.717) is 11.3 Å². The molecule has 0 bridgehead atoms. The Balaban J connectivity index is 2.18. The Morgan fingerprint density at radius 3 is 2.50 bits per heavy atom. The van der Waals surface area contributed by atoms with Gasteiger partial charge < -0.3 is 5.11 Å². The Hall–Kier alpha value is -3.06. The molecule has 1 N–H and O–H groups in total. The van der Waals surface area contributed by atoms with Gasteiger partial charge in [-0.25, -0.2) is 4.90 Å². The van der Waals surface area contributed by atoms with Gasteiger partial charge in [-0.15, -0.1) is 6.42 Å². The maximum atomic E-state index is 12.4. The minimum absolute atomic E-state index is 0.0174. The highest BCUT2D eigenvalue weighted by molar-refractivity contribution is 6.35. The van der Waals surface area contributed by atoms with E-state index in [1.54, 1.807) is 30.3 Å². The van der Waals surface area contributed by atoms with Crippen LogP contribution in [0.25, 0.3) is 0 Å². The van der Waals surface area contributed by atoms with Crippen molar-refractivity contribution in [2.75, 3.05) is 4.90 Å². The summed E-state index contributed by atoms with van der Waals surface area (Å²) in [7, 11) is 0. The Morgan fingerprint density at radius 2 is 1.80 bits per heavy atom. The third kappa shape index (κ3) is 1.57. The fourth-order valence-electron chi connectivity index (χ4n) is 2.27. The number of anilines is 1. The summed E-state index contributed by atoms with van der Waals surface area (Å²) < 4.78 is 0. The molecule has 0 spiro atoms. The molecule has 2 aromatic carbocycles. The molecule has 0 atom stereocenters. The number of carbonyl (C=O) groups is 2. The van der Waals surface area contributed by atoms with Crippen LogP contribution in [-0.4, -0.2) is 16.9 Å². The van der Waals surface area contributed by atoms with E-state index in [-0.39, 0.29) is 16.9 Å². The first-order valence-corrected chi connectivity index (χ1v) is 5.91. The predicted octanol–water partition coefficient (Wildman–Crippen LogP) is 2.17. The van der Waals surface area contributed by atoms with Crippen molar-refractivity contribution < 1.29 is 14.7 Å². The number of aromatic hydroxyl groups is 1. The normalized spacial score (nSPS) is 13.2. The summed E-state index contributed by atoms with van der Waals surface area (Å²) >= 11 is 0. The Kier molecular flexibility index (Phi) is 2.55. The lowest BCUT2D eigenvalue weighted by atomic mass is 10.0. The number of nitrogens with zero attached hydrogens (tertiary/aromatic N) is 1. The van der Waals surface area contributed by atoms with Gasteiger partial charge in [0.1, 0.15) is 5.75 Å². The van der Waals surface area contributed by atoms with Crippen molar-refractivity contribution in [3.05, 3.63) is 59.2 Å². The first kappa shape index (κ1) is 12.0. The number of phenolic OH excluding ortho intramolecular Hbond substituents is 1. The highest BCUT2D eigenvalue weighted by Crippen LogP contribution is 2.31. The molecule has 96 valence electrons. The number of imide groups is 1. The second kappa shape index (κ2) is 4.25. The fraction of sp³-hybridized carbons (Fsp3) is 0. The van der Waals surface area contributed by atoms with Gasteiger partial charge in [0.25, 0.3) is 11.8 Å². The van der Waals surface area contributed by atoms with Gasteiger partial charge in [0.15, 0.2) is 0 Å². The van der Waals surface area contributed by atoms with E-state index in [1.807, 2.05) is 0 Å². The monoisotopic (exact) mass is 263 g/mol. The topological polar surface area (TPSA) is 57.6 Å². The van der Waals surface area contributed by atoms with Crippen molar-refractivity contribution in [1.82, 2.24) is 0 Å². The number of fused-ring (bicyclic) bond motifs is 1. The van der Waals surface area contributed by atoms with Crippen molar-refractivity contribution in [2.45, 2.75) is 0 Å². The standard InChI is InChI=1S/C16H9NO3/c1-2-10-5-3-8-13-14(10)16(20)17(15(13)19)11-6-4-7-12(18)9-11/h1,3-9,18H. The zero-order chi connectivity index (χ0) is 14.3. The molecule has 0 aromatic heterocycles. The molecule has 1 heterocycles. The highest BCUT2D eigenvalue weighted by atomic mass is 16.3. The lowest BCUT2D eigenvalue weighted by molar-refractivity contribution is 0.0926. The van der Waals surface area contributed by atoms with E-state index in [9.17, 15) is 14.7 Å². The van der Waals surface area contributed by atoms with E-state index in [0.717, 1.165) is 4.90 Å². The molecule has 0 saturated heterocycles. The van der Waals surface area contributed by atoms with Crippen molar-refractivity contribution in [1.29, 1.82) is 0 Å². The number of benzene rings is 2. The van der Waals surface area contributed by atoms with E-state index in [4.69, 9.17) is 6.42 Å². The van der Waals surface area contributed by atoms with Crippen LogP contribution in [0.2, 0.25) is 0 Å². The second-order valence-electron chi connectivity index (χ2n) is 4.34. The first-order valence-electron chi connectivity index (χ1n) is 5.91. The molecule has 0 fully saturated rings. The summed E-state index contributed by atoms with van der Waals surface area (Å²) in [4.78, 5) is 25.8. The van der Waals surface area contributed by atoms with Crippen LogP contribution in [0, 0.1) is 12.3 Å². The van der Waals surface area contributed by atoms with Gasteiger partial charge in [-0.3, -0.25) is 9.59 Å². The number of phenols is 1. The number of hydrogen-bond donors (Lipinski definition) is 1. The zero-order valence-electron chi connectivity index (χ0n) is 10.3. The molecule has 2 amide bonds. The minimum Gasteiger partial charge on any atom is -0.508 e. The summed E-state index contributed by atoms with van der Waals surface area (Å²) in [5.74, 6) is 1.49. The van der Waals surface area contributed by atoms with E-state index in [2.05, 4.69) is 5.92 Å². The van der Waals surface area contributed by atoms with Gasteiger partial charge >= 0.3 is 0 Å². The molecule has 0 aliphatic carbocycles. The summed E-state index contributed by atoms with van der Waals surface area (Å²) in [5, 5.41) is 9.48. The maximum absolute atomic E-state index is 12.4. The first-order chi connectivity index (χ1) is 9.63. The number of amides is 2. The Morgan fingerprint density at radius 1 is 1.05 bits per heavy atom. The smallest absolute Gasteiger partial charge is 0.267 e. The van der Waals surface area contributed by atoms with E-state index < -0.39 is 11.8 Å². The van der Waals surface area contributed by atoms with Crippen molar-refractivity contribution in [2.24, 2.45) is 0 Å². The molecule has 0 saturated carbocycles. The molecule has 4 heteroatoms. The molecular weight excluding hydrogens is 254 g/mol. The highest BCUT2D eigenvalue weighted by Gasteiger charge is 2.38. The van der Waals surface area contributed by atoms with Gasteiger partial charge in [0.05, 0.1) is 16.8 Å². The van der Waals surface area contributed by atoms with Crippen molar-refractivity contribution >= 4 is 17.5 Å². The van der Waals surface area contributed by atoms with Crippen LogP contribution in [0.15, 0.2) is 42.5 Å². The Bertz CT molecular complexity index is 787. The summed E-state index contributed by atoms with van der Waals surface area (Å²) in [5.41, 5.74) is 1.24. The van der Waals surface area contributed by atoms with Crippen LogP contribution < -0.4 is 4.90 Å². The number of hydrogen-bond acceptors (Lipinski definition) is 3. The number of rotatable bonds is 1. The Labute approximate surface area is 115 Å². The van der Waals surface area contributed by atoms with Crippen LogP contribution in [0.5, 0.6) is 5.75 Å². The molecule has 1 aliphatic heterocycles. The zero-order valence-corrected chi connectivity index (χ0v) is 10.3. The maximum Gasteiger partial charge on any atom is 0.267 e.